The fourth-order valence-corrected chi connectivity index (χ4v) is 9.50. The van der Waals surface area contributed by atoms with Crippen LogP contribution in [-0.4, -0.2) is 19.9 Å². The lowest BCUT2D eigenvalue weighted by molar-refractivity contribution is 0.655. The summed E-state index contributed by atoms with van der Waals surface area (Å²) in [5.74, 6) is 1.92. The number of thiophene rings is 1. The summed E-state index contributed by atoms with van der Waals surface area (Å²) in [6, 6.07) is 63.5. The molecule has 0 unspecified atom stereocenters. The van der Waals surface area contributed by atoms with Crippen molar-refractivity contribution in [1.29, 1.82) is 0 Å². The Labute approximate surface area is 336 Å². The Morgan fingerprint density at radius 2 is 0.879 bits per heavy atom. The van der Waals surface area contributed by atoms with Gasteiger partial charge >= 0.3 is 0 Å². The van der Waals surface area contributed by atoms with Crippen LogP contribution >= 0.6 is 11.3 Å². The monoisotopic (exact) mass is 758 g/mol. The minimum Gasteiger partial charge on any atom is -0.438 e. The van der Waals surface area contributed by atoms with E-state index in [1.807, 2.05) is 42.5 Å². The quantitative estimate of drug-likeness (QED) is 0.175. The molecule has 4 heterocycles. The van der Waals surface area contributed by atoms with E-state index < -0.39 is 0 Å². The van der Waals surface area contributed by atoms with Crippen molar-refractivity contribution in [3.63, 3.8) is 0 Å². The molecule has 0 saturated heterocycles. The number of nitrogens with zero attached hydrogens (tertiary/aromatic N) is 4. The van der Waals surface area contributed by atoms with E-state index in [4.69, 9.17) is 24.4 Å². The third kappa shape index (κ3) is 5.23. The van der Waals surface area contributed by atoms with Crippen molar-refractivity contribution in [3.8, 4) is 56.5 Å². The van der Waals surface area contributed by atoms with Gasteiger partial charge in [-0.05, 0) is 57.6 Å². The Kier molecular flexibility index (Phi) is 7.33. The molecular formula is C52H30N4OS. The zero-order chi connectivity index (χ0) is 38.2. The van der Waals surface area contributed by atoms with Gasteiger partial charge in [0.25, 0.3) is 0 Å². The molecule has 0 saturated carbocycles. The first kappa shape index (κ1) is 32.7. The smallest absolute Gasteiger partial charge is 0.228 e. The molecule has 0 radical (unpaired) electrons. The Morgan fingerprint density at radius 1 is 0.345 bits per heavy atom. The molecule has 8 aromatic carbocycles. The molecule has 6 heteroatoms. The first-order valence-corrected chi connectivity index (χ1v) is 20.1. The molecule has 0 atom stereocenters. The number of hydrogen-bond donors (Lipinski definition) is 0. The number of furan rings is 1. The standard InChI is InChI=1S/C52H30N4OS/c1-2-12-32(13-3-1)49-54-50(56-51(55-49)34-26-29-46-43(30-34)38-16-9-11-21-45(38)58-46)33-24-22-31(23-25-33)35-27-28-41(37-15-5-4-14-36(35)37)48-40-18-7-6-17-39(40)47-42-19-8-10-20-44(42)57-52(47)53-48/h1-30H. The van der Waals surface area contributed by atoms with E-state index in [1.54, 1.807) is 11.3 Å². The van der Waals surface area contributed by atoms with Crippen molar-refractivity contribution in [2.24, 2.45) is 0 Å². The zero-order valence-electron chi connectivity index (χ0n) is 30.9. The van der Waals surface area contributed by atoms with Crippen molar-refractivity contribution in [2.45, 2.75) is 0 Å². The van der Waals surface area contributed by atoms with Crippen molar-refractivity contribution < 1.29 is 4.42 Å². The number of aromatic nitrogens is 4. The maximum Gasteiger partial charge on any atom is 0.228 e. The average molecular weight is 759 g/mol. The lowest BCUT2D eigenvalue weighted by Crippen LogP contribution is -2.00. The summed E-state index contributed by atoms with van der Waals surface area (Å²) >= 11 is 1.81. The van der Waals surface area contributed by atoms with Crippen molar-refractivity contribution >= 4 is 75.1 Å². The van der Waals surface area contributed by atoms with E-state index in [1.165, 1.54) is 20.2 Å². The SMILES string of the molecule is c1ccc(-c2nc(-c3ccc(-c4ccc(-c5nc6oc7ccccc7c6c6ccccc56)c5ccccc45)cc3)nc(-c3ccc4sc5ccccc5c4c3)n2)cc1. The van der Waals surface area contributed by atoms with E-state index in [9.17, 15) is 0 Å². The second-order valence-electron chi connectivity index (χ2n) is 14.5. The Morgan fingerprint density at radius 3 is 1.66 bits per heavy atom. The summed E-state index contributed by atoms with van der Waals surface area (Å²) in [7, 11) is 0. The summed E-state index contributed by atoms with van der Waals surface area (Å²) < 4.78 is 8.86. The third-order valence-corrected chi connectivity index (χ3v) is 12.3. The second kappa shape index (κ2) is 13.0. The molecule has 0 N–H and O–H groups in total. The van der Waals surface area contributed by atoms with Gasteiger partial charge in [0.05, 0.1) is 11.1 Å². The molecule has 270 valence electrons. The Balaban J connectivity index is 0.967. The normalized spacial score (nSPS) is 11.8. The number of para-hydroxylation sites is 1. The summed E-state index contributed by atoms with van der Waals surface area (Å²) in [6.45, 7) is 0. The van der Waals surface area contributed by atoms with Crippen LogP contribution in [0.3, 0.4) is 0 Å². The number of fused-ring (bicyclic) bond motifs is 9. The molecule has 0 bridgehead atoms. The van der Waals surface area contributed by atoms with Crippen LogP contribution in [0, 0.1) is 0 Å². The molecule has 0 aliphatic heterocycles. The van der Waals surface area contributed by atoms with Crippen LogP contribution in [0.4, 0.5) is 0 Å². The highest BCUT2D eigenvalue weighted by molar-refractivity contribution is 7.25. The van der Waals surface area contributed by atoms with Gasteiger partial charge in [-0.1, -0.05) is 152 Å². The average Bonchev–Trinajstić information content (AvgIpc) is 3.87. The number of hydrogen-bond acceptors (Lipinski definition) is 6. The summed E-state index contributed by atoms with van der Waals surface area (Å²) in [5.41, 5.74) is 8.52. The highest BCUT2D eigenvalue weighted by atomic mass is 32.1. The summed E-state index contributed by atoms with van der Waals surface area (Å²) in [6.07, 6.45) is 0. The lowest BCUT2D eigenvalue weighted by atomic mass is 9.91. The molecule has 0 amide bonds. The first-order valence-electron chi connectivity index (χ1n) is 19.3. The highest BCUT2D eigenvalue weighted by Crippen LogP contribution is 2.42. The molecule has 0 aliphatic carbocycles. The molecule has 0 spiro atoms. The van der Waals surface area contributed by atoms with Crippen LogP contribution in [0.1, 0.15) is 0 Å². The third-order valence-electron chi connectivity index (χ3n) is 11.2. The molecule has 4 aromatic heterocycles. The molecule has 58 heavy (non-hydrogen) atoms. The van der Waals surface area contributed by atoms with E-state index in [0.29, 0.717) is 23.2 Å². The lowest BCUT2D eigenvalue weighted by Gasteiger charge is -2.14. The zero-order valence-corrected chi connectivity index (χ0v) is 31.7. The number of benzene rings is 8. The van der Waals surface area contributed by atoms with Crippen molar-refractivity contribution in [1.82, 2.24) is 19.9 Å². The van der Waals surface area contributed by atoms with Gasteiger partial charge in [-0.25, -0.2) is 19.9 Å². The maximum atomic E-state index is 6.34. The van der Waals surface area contributed by atoms with E-state index in [-0.39, 0.29) is 0 Å². The predicted octanol–water partition coefficient (Wildman–Crippen LogP) is 14.2. The first-order chi connectivity index (χ1) is 28.7. The largest absolute Gasteiger partial charge is 0.438 e. The minimum absolute atomic E-state index is 0.629. The van der Waals surface area contributed by atoms with E-state index in [2.05, 4.69) is 140 Å². The Bertz CT molecular complexity index is 3570. The molecule has 12 aromatic rings. The van der Waals surface area contributed by atoms with Gasteiger partial charge in [0.15, 0.2) is 17.5 Å². The van der Waals surface area contributed by atoms with E-state index in [0.717, 1.165) is 77.0 Å². The topological polar surface area (TPSA) is 64.7 Å². The van der Waals surface area contributed by atoms with Crippen LogP contribution in [0.2, 0.25) is 0 Å². The maximum absolute atomic E-state index is 6.34. The van der Waals surface area contributed by atoms with Crippen LogP contribution < -0.4 is 0 Å². The Hall–Kier alpha value is -7.54. The van der Waals surface area contributed by atoms with Crippen LogP contribution in [0.5, 0.6) is 0 Å². The van der Waals surface area contributed by atoms with Crippen molar-refractivity contribution in [3.05, 3.63) is 182 Å². The van der Waals surface area contributed by atoms with Gasteiger partial charge in [0.1, 0.15) is 5.58 Å². The van der Waals surface area contributed by atoms with E-state index >= 15 is 0 Å². The summed E-state index contributed by atoms with van der Waals surface area (Å²) in [4.78, 5) is 20.3. The van der Waals surface area contributed by atoms with Gasteiger partial charge in [0.2, 0.25) is 5.71 Å². The molecule has 0 fully saturated rings. The number of rotatable bonds is 5. The van der Waals surface area contributed by atoms with Gasteiger partial charge < -0.3 is 4.42 Å². The predicted molar refractivity (Wildman–Crippen MR) is 240 cm³/mol. The molecule has 0 aliphatic rings. The van der Waals surface area contributed by atoms with Gasteiger partial charge in [-0.15, -0.1) is 11.3 Å². The molecule has 12 rings (SSSR count). The highest BCUT2D eigenvalue weighted by Gasteiger charge is 2.19. The van der Waals surface area contributed by atoms with Crippen LogP contribution in [0.25, 0.3) is 120 Å². The summed E-state index contributed by atoms with van der Waals surface area (Å²) in [5, 5.41) is 9.09. The van der Waals surface area contributed by atoms with Gasteiger partial charge in [-0.3, -0.25) is 0 Å². The fraction of sp³-hybridized carbons (Fsp3) is 0. The minimum atomic E-state index is 0.629. The van der Waals surface area contributed by atoms with Gasteiger partial charge in [0, 0.05) is 53.2 Å². The van der Waals surface area contributed by atoms with Crippen molar-refractivity contribution in [2.75, 3.05) is 0 Å². The van der Waals surface area contributed by atoms with Gasteiger partial charge in [-0.2, -0.15) is 0 Å². The second-order valence-corrected chi connectivity index (χ2v) is 15.6. The molecule has 5 nitrogen and oxygen atoms in total. The van der Waals surface area contributed by atoms with Crippen LogP contribution in [0.15, 0.2) is 186 Å². The van der Waals surface area contributed by atoms with Crippen LogP contribution in [-0.2, 0) is 0 Å². The molecular weight excluding hydrogens is 729 g/mol. The fourth-order valence-electron chi connectivity index (χ4n) is 8.42. The number of pyridine rings is 1.